The summed E-state index contributed by atoms with van der Waals surface area (Å²) >= 11 is 0. The number of hydrogen-bond acceptors (Lipinski definition) is 1. The highest BCUT2D eigenvalue weighted by Gasteiger charge is 2.22. The smallest absolute Gasteiger partial charge is 0.135 e. The molecule has 1 heteroatoms. The molecule has 1 nitrogen and oxygen atoms in total. The second kappa shape index (κ2) is 11.8. The molecule has 0 unspecified atom stereocenters. The molecular weight excluding hydrogens is 641 g/mol. The molecule has 0 aliphatic rings. The second-order valence-electron chi connectivity index (χ2n) is 13.6. The fourth-order valence-corrected chi connectivity index (χ4v) is 8.42. The van der Waals surface area contributed by atoms with Crippen molar-refractivity contribution in [3.8, 4) is 44.5 Å². The van der Waals surface area contributed by atoms with Crippen LogP contribution in [0.3, 0.4) is 0 Å². The van der Waals surface area contributed by atoms with Gasteiger partial charge in [0.05, 0.1) is 6.85 Å². The van der Waals surface area contributed by atoms with Crippen LogP contribution in [0.5, 0.6) is 0 Å². The van der Waals surface area contributed by atoms with E-state index in [-0.39, 0.29) is 29.7 Å². The SMILES string of the molecule is [2H]c1c([2H])c([2H])c(-c2c3ccccc3c(-c3c(-c4ccc5c(ccc6ccccc65)c4)cccc3-c3ccc4oc5ccccc5c4c3)c3ccccc23)c([2H])c1[2H]. The van der Waals surface area contributed by atoms with Crippen LogP contribution in [0.2, 0.25) is 0 Å². The molecule has 0 atom stereocenters. The normalized spacial score (nSPS) is 13.1. The Morgan fingerprint density at radius 1 is 0.321 bits per heavy atom. The largest absolute Gasteiger partial charge is 0.456 e. The molecule has 0 radical (unpaired) electrons. The predicted octanol–water partition coefficient (Wildman–Crippen LogP) is 14.9. The van der Waals surface area contributed by atoms with Crippen molar-refractivity contribution < 1.29 is 11.3 Å². The van der Waals surface area contributed by atoms with Gasteiger partial charge in [-0.05, 0) is 112 Å². The Labute approximate surface area is 314 Å². The van der Waals surface area contributed by atoms with Gasteiger partial charge in [0.15, 0.2) is 0 Å². The number of hydrogen-bond donors (Lipinski definition) is 0. The molecule has 0 aliphatic carbocycles. The van der Waals surface area contributed by atoms with E-state index in [1.54, 1.807) is 0 Å². The van der Waals surface area contributed by atoms with Gasteiger partial charge in [0, 0.05) is 10.8 Å². The fraction of sp³-hybridized carbons (Fsp3) is 0. The van der Waals surface area contributed by atoms with Crippen LogP contribution in [0, 0.1) is 0 Å². The van der Waals surface area contributed by atoms with Crippen molar-refractivity contribution in [2.45, 2.75) is 0 Å². The standard InChI is InChI=1S/C52H32O/c1-2-14-34(15-3-1)50-43-18-6-8-20-45(43)52(46-21-9-7-19-44(46)50)51-40(36-27-29-39-35(31-36)26-25-33-13-4-5-16-38(33)39)22-12-23-41(51)37-28-30-49-47(32-37)42-17-10-11-24-48(42)53-49/h1-32H/i1D,2D,3D,14D,15D. The molecule has 0 N–H and O–H groups in total. The van der Waals surface area contributed by atoms with E-state index in [4.69, 9.17) is 11.3 Å². The van der Waals surface area contributed by atoms with Crippen LogP contribution in [0.4, 0.5) is 0 Å². The Kier molecular flexibility index (Phi) is 5.58. The van der Waals surface area contributed by atoms with Gasteiger partial charge in [-0.15, -0.1) is 0 Å². The molecule has 0 aliphatic heterocycles. The lowest BCUT2D eigenvalue weighted by molar-refractivity contribution is 0.669. The summed E-state index contributed by atoms with van der Waals surface area (Å²) in [5.41, 5.74) is 8.70. The van der Waals surface area contributed by atoms with Crippen molar-refractivity contribution >= 4 is 65.0 Å². The van der Waals surface area contributed by atoms with Crippen molar-refractivity contribution in [2.24, 2.45) is 0 Å². The molecule has 1 heterocycles. The molecule has 11 aromatic rings. The Hall–Kier alpha value is -6.96. The first-order valence-corrected chi connectivity index (χ1v) is 17.8. The highest BCUT2D eigenvalue weighted by molar-refractivity contribution is 6.24. The average molecular weight is 678 g/mol. The monoisotopic (exact) mass is 677 g/mol. The molecule has 53 heavy (non-hydrogen) atoms. The van der Waals surface area contributed by atoms with Crippen molar-refractivity contribution in [1.82, 2.24) is 0 Å². The molecule has 1 aromatic heterocycles. The van der Waals surface area contributed by atoms with Gasteiger partial charge >= 0.3 is 0 Å². The lowest BCUT2D eigenvalue weighted by Crippen LogP contribution is -1.95. The molecule has 0 bridgehead atoms. The van der Waals surface area contributed by atoms with E-state index in [9.17, 15) is 0 Å². The summed E-state index contributed by atoms with van der Waals surface area (Å²) in [5, 5.41) is 10.3. The maximum atomic E-state index is 9.08. The summed E-state index contributed by atoms with van der Waals surface area (Å²) in [5.74, 6) is 0. The van der Waals surface area contributed by atoms with Crippen LogP contribution < -0.4 is 0 Å². The van der Waals surface area contributed by atoms with Gasteiger partial charge in [0.2, 0.25) is 0 Å². The van der Waals surface area contributed by atoms with Crippen LogP contribution in [0.1, 0.15) is 6.85 Å². The van der Waals surface area contributed by atoms with E-state index < -0.39 is 6.04 Å². The topological polar surface area (TPSA) is 13.1 Å². The molecule has 0 saturated heterocycles. The van der Waals surface area contributed by atoms with Crippen LogP contribution in [-0.4, -0.2) is 0 Å². The second-order valence-corrected chi connectivity index (χ2v) is 13.6. The number of para-hydroxylation sites is 1. The van der Waals surface area contributed by atoms with Crippen molar-refractivity contribution in [2.75, 3.05) is 0 Å². The summed E-state index contributed by atoms with van der Waals surface area (Å²) in [6.07, 6.45) is 0. The minimum absolute atomic E-state index is 0.192. The zero-order valence-electron chi connectivity index (χ0n) is 33.5. The molecule has 0 spiro atoms. The fourth-order valence-electron chi connectivity index (χ4n) is 8.42. The molecule has 10 aromatic carbocycles. The first-order valence-electron chi connectivity index (χ1n) is 20.3. The molecule has 0 fully saturated rings. The Balaban J connectivity index is 1.28. The van der Waals surface area contributed by atoms with Crippen LogP contribution in [0.15, 0.2) is 198 Å². The summed E-state index contributed by atoms with van der Waals surface area (Å²) in [7, 11) is 0. The van der Waals surface area contributed by atoms with Gasteiger partial charge < -0.3 is 4.42 Å². The highest BCUT2D eigenvalue weighted by Crippen LogP contribution is 2.50. The van der Waals surface area contributed by atoms with Crippen LogP contribution in [0.25, 0.3) is 110 Å². The van der Waals surface area contributed by atoms with Gasteiger partial charge in [0.25, 0.3) is 0 Å². The van der Waals surface area contributed by atoms with Crippen LogP contribution >= 0.6 is 0 Å². The van der Waals surface area contributed by atoms with E-state index in [2.05, 4.69) is 109 Å². The van der Waals surface area contributed by atoms with Crippen LogP contribution in [-0.2, 0) is 0 Å². The summed E-state index contributed by atoms with van der Waals surface area (Å²) in [6.45, 7) is 0. The summed E-state index contributed by atoms with van der Waals surface area (Å²) in [4.78, 5) is 0. The third-order valence-corrected chi connectivity index (χ3v) is 10.7. The zero-order chi connectivity index (χ0) is 39.2. The first-order chi connectivity index (χ1) is 28.4. The lowest BCUT2D eigenvalue weighted by atomic mass is 9.80. The lowest BCUT2D eigenvalue weighted by Gasteiger charge is -2.22. The average Bonchev–Trinajstić information content (AvgIpc) is 3.65. The molecular formula is C52H32O. The molecule has 0 saturated carbocycles. The minimum Gasteiger partial charge on any atom is -0.456 e. The van der Waals surface area contributed by atoms with Gasteiger partial charge in [0.1, 0.15) is 11.2 Å². The van der Waals surface area contributed by atoms with Gasteiger partial charge in [-0.3, -0.25) is 0 Å². The van der Waals surface area contributed by atoms with E-state index in [1.165, 1.54) is 16.2 Å². The van der Waals surface area contributed by atoms with E-state index in [0.29, 0.717) is 5.56 Å². The van der Waals surface area contributed by atoms with Gasteiger partial charge in [-0.1, -0.05) is 170 Å². The van der Waals surface area contributed by atoms with Crippen molar-refractivity contribution in [3.05, 3.63) is 194 Å². The van der Waals surface area contributed by atoms with E-state index >= 15 is 0 Å². The molecule has 11 rings (SSSR count). The van der Waals surface area contributed by atoms with Crippen molar-refractivity contribution in [1.29, 1.82) is 0 Å². The molecule has 0 amide bonds. The first kappa shape index (κ1) is 25.1. The minimum atomic E-state index is -0.409. The Morgan fingerprint density at radius 2 is 0.868 bits per heavy atom. The Morgan fingerprint density at radius 3 is 1.60 bits per heavy atom. The maximum Gasteiger partial charge on any atom is 0.135 e. The van der Waals surface area contributed by atoms with Gasteiger partial charge in [-0.25, -0.2) is 0 Å². The highest BCUT2D eigenvalue weighted by atomic mass is 16.3. The zero-order valence-corrected chi connectivity index (χ0v) is 28.5. The number of furan rings is 1. The predicted molar refractivity (Wildman–Crippen MR) is 225 cm³/mol. The van der Waals surface area contributed by atoms with E-state index in [1.807, 2.05) is 54.6 Å². The number of benzene rings is 10. The van der Waals surface area contributed by atoms with Crippen molar-refractivity contribution in [3.63, 3.8) is 0 Å². The third kappa shape index (κ3) is 4.64. The van der Waals surface area contributed by atoms with Gasteiger partial charge in [-0.2, -0.15) is 0 Å². The number of fused-ring (bicyclic) bond motifs is 8. The quantitative estimate of drug-likeness (QED) is 0.133. The summed E-state index contributed by atoms with van der Waals surface area (Å²) in [6, 6.07) is 55.2. The van der Waals surface area contributed by atoms with E-state index in [0.717, 1.165) is 82.3 Å². The summed E-state index contributed by atoms with van der Waals surface area (Å²) < 4.78 is 50.0. The maximum absolute atomic E-state index is 9.08. The number of rotatable bonds is 4. The Bertz CT molecular complexity index is 3440. The molecule has 246 valence electrons. The third-order valence-electron chi connectivity index (χ3n) is 10.7.